The molecule has 0 saturated carbocycles. The Morgan fingerprint density at radius 2 is 1.78 bits per heavy atom. The van der Waals surface area contributed by atoms with Gasteiger partial charge in [0.25, 0.3) is 5.91 Å². The van der Waals surface area contributed by atoms with Crippen LogP contribution in [0.25, 0.3) is 0 Å². The fourth-order valence-corrected chi connectivity index (χ4v) is 1.75. The maximum Gasteiger partial charge on any atom is 0.257 e. The first-order valence-corrected chi connectivity index (χ1v) is 5.65. The topological polar surface area (TPSA) is 52.9 Å². The number of para-hydroxylation sites is 1. The van der Waals surface area contributed by atoms with Crippen LogP contribution in [0, 0.1) is 11.3 Å². The van der Waals surface area contributed by atoms with E-state index in [1.165, 1.54) is 0 Å². The Morgan fingerprint density at radius 3 is 2.50 bits per heavy atom. The van der Waals surface area contributed by atoms with E-state index in [4.69, 9.17) is 16.9 Å². The van der Waals surface area contributed by atoms with Gasteiger partial charge >= 0.3 is 0 Å². The summed E-state index contributed by atoms with van der Waals surface area (Å²) >= 11 is 5.93. The van der Waals surface area contributed by atoms with Crippen molar-refractivity contribution < 1.29 is 4.79 Å². The van der Waals surface area contributed by atoms with Crippen molar-refractivity contribution in [2.45, 2.75) is 0 Å². The molecular formula is C14H9ClN2O. The fraction of sp³-hybridized carbons (Fsp3) is 0. The van der Waals surface area contributed by atoms with E-state index in [1.807, 2.05) is 6.07 Å². The number of amides is 1. The lowest BCUT2D eigenvalue weighted by molar-refractivity contribution is 0.102. The number of carbonyl (C=O) groups is 1. The minimum absolute atomic E-state index is 0.330. The molecule has 0 unspecified atom stereocenters. The third kappa shape index (κ3) is 2.50. The molecule has 0 aromatic heterocycles. The zero-order valence-electron chi connectivity index (χ0n) is 9.35. The number of nitrogens with one attached hydrogen (secondary N) is 1. The lowest BCUT2D eigenvalue weighted by Gasteiger charge is -2.07. The quantitative estimate of drug-likeness (QED) is 0.895. The van der Waals surface area contributed by atoms with E-state index in [2.05, 4.69) is 5.32 Å². The normalized spacial score (nSPS) is 9.56. The summed E-state index contributed by atoms with van der Waals surface area (Å²) in [6.45, 7) is 0. The van der Waals surface area contributed by atoms with E-state index in [1.54, 1.807) is 48.5 Å². The van der Waals surface area contributed by atoms with Gasteiger partial charge in [0.15, 0.2) is 0 Å². The van der Waals surface area contributed by atoms with Crippen LogP contribution >= 0.6 is 11.6 Å². The van der Waals surface area contributed by atoms with Gasteiger partial charge in [-0.25, -0.2) is 0 Å². The SMILES string of the molecule is N#Cc1ccccc1NC(=O)c1ccccc1Cl. The molecule has 88 valence electrons. The molecule has 18 heavy (non-hydrogen) atoms. The van der Waals surface area contributed by atoms with E-state index >= 15 is 0 Å². The molecule has 0 radical (unpaired) electrons. The van der Waals surface area contributed by atoms with Crippen molar-refractivity contribution in [2.24, 2.45) is 0 Å². The fourth-order valence-electron chi connectivity index (χ4n) is 1.52. The number of nitrogens with zero attached hydrogens (tertiary/aromatic N) is 1. The Labute approximate surface area is 110 Å². The van der Waals surface area contributed by atoms with Crippen molar-refractivity contribution in [3.05, 3.63) is 64.7 Å². The summed E-state index contributed by atoms with van der Waals surface area (Å²) in [4.78, 5) is 12.0. The first kappa shape index (κ1) is 12.2. The monoisotopic (exact) mass is 256 g/mol. The maximum atomic E-state index is 12.0. The van der Waals surface area contributed by atoms with Crippen molar-refractivity contribution in [3.63, 3.8) is 0 Å². The van der Waals surface area contributed by atoms with Crippen LogP contribution in [0.5, 0.6) is 0 Å². The van der Waals surface area contributed by atoms with Gasteiger partial charge < -0.3 is 5.32 Å². The van der Waals surface area contributed by atoms with Gasteiger partial charge in [-0.2, -0.15) is 5.26 Å². The lowest BCUT2D eigenvalue weighted by Crippen LogP contribution is -2.13. The first-order valence-electron chi connectivity index (χ1n) is 5.27. The van der Waals surface area contributed by atoms with Crippen molar-refractivity contribution >= 4 is 23.2 Å². The molecule has 4 heteroatoms. The number of hydrogen-bond acceptors (Lipinski definition) is 2. The van der Waals surface area contributed by atoms with Crippen LogP contribution in [-0.4, -0.2) is 5.91 Å². The van der Waals surface area contributed by atoms with Crippen LogP contribution in [-0.2, 0) is 0 Å². The summed E-state index contributed by atoms with van der Waals surface area (Å²) in [5, 5.41) is 12.0. The number of anilines is 1. The second-order valence-corrected chi connectivity index (χ2v) is 4.00. The van der Waals surface area contributed by atoms with Crippen molar-refractivity contribution in [2.75, 3.05) is 5.32 Å². The molecule has 2 aromatic rings. The van der Waals surface area contributed by atoms with Gasteiger partial charge in [0.2, 0.25) is 0 Å². The molecule has 0 atom stereocenters. The summed E-state index contributed by atoms with van der Waals surface area (Å²) in [6, 6.07) is 15.6. The molecule has 0 aliphatic heterocycles. The van der Waals surface area contributed by atoms with Gasteiger partial charge in [-0.15, -0.1) is 0 Å². The number of nitriles is 1. The Balaban J connectivity index is 2.28. The molecule has 0 aliphatic carbocycles. The van der Waals surface area contributed by atoms with Crippen molar-refractivity contribution in [1.29, 1.82) is 5.26 Å². The van der Waals surface area contributed by atoms with E-state index in [9.17, 15) is 4.79 Å². The smallest absolute Gasteiger partial charge is 0.257 e. The number of rotatable bonds is 2. The van der Waals surface area contributed by atoms with Gasteiger partial charge in [-0.1, -0.05) is 35.9 Å². The highest BCUT2D eigenvalue weighted by Gasteiger charge is 2.11. The largest absolute Gasteiger partial charge is 0.321 e. The van der Waals surface area contributed by atoms with E-state index in [-0.39, 0.29) is 5.91 Å². The van der Waals surface area contributed by atoms with Crippen LogP contribution in [0.3, 0.4) is 0 Å². The first-order chi connectivity index (χ1) is 8.72. The Kier molecular flexibility index (Phi) is 3.61. The minimum Gasteiger partial charge on any atom is -0.321 e. The molecule has 1 N–H and O–H groups in total. The molecule has 0 aliphatic rings. The molecule has 0 bridgehead atoms. The second-order valence-electron chi connectivity index (χ2n) is 3.59. The standard InChI is InChI=1S/C14H9ClN2O/c15-12-7-3-2-6-11(12)14(18)17-13-8-4-1-5-10(13)9-16/h1-8H,(H,17,18). The summed E-state index contributed by atoms with van der Waals surface area (Å²) in [7, 11) is 0. The van der Waals surface area contributed by atoms with Gasteiger partial charge in [-0.3, -0.25) is 4.79 Å². The van der Waals surface area contributed by atoms with Crippen LogP contribution in [0.1, 0.15) is 15.9 Å². The summed E-state index contributed by atoms with van der Waals surface area (Å²) < 4.78 is 0. The second kappa shape index (κ2) is 5.35. The lowest BCUT2D eigenvalue weighted by atomic mass is 10.1. The van der Waals surface area contributed by atoms with Gasteiger partial charge in [0.1, 0.15) is 6.07 Å². The highest BCUT2D eigenvalue weighted by Crippen LogP contribution is 2.19. The number of hydrogen-bond donors (Lipinski definition) is 1. The highest BCUT2D eigenvalue weighted by atomic mass is 35.5. The number of benzene rings is 2. The third-order valence-corrected chi connectivity index (χ3v) is 2.74. The van der Waals surface area contributed by atoms with Crippen LogP contribution < -0.4 is 5.32 Å². The van der Waals surface area contributed by atoms with Crippen LogP contribution in [0.15, 0.2) is 48.5 Å². The average molecular weight is 257 g/mol. The summed E-state index contributed by atoms with van der Waals surface area (Å²) in [5.41, 5.74) is 1.27. The Morgan fingerprint density at radius 1 is 1.11 bits per heavy atom. The Bertz CT molecular complexity index is 632. The molecule has 0 saturated heterocycles. The molecule has 0 spiro atoms. The van der Waals surface area contributed by atoms with Crippen LogP contribution in [0.4, 0.5) is 5.69 Å². The predicted octanol–water partition coefficient (Wildman–Crippen LogP) is 3.46. The molecule has 0 heterocycles. The zero-order chi connectivity index (χ0) is 13.0. The highest BCUT2D eigenvalue weighted by molar-refractivity contribution is 6.34. The molecular weight excluding hydrogens is 248 g/mol. The van der Waals surface area contributed by atoms with Crippen LogP contribution in [0.2, 0.25) is 5.02 Å². The molecule has 3 nitrogen and oxygen atoms in total. The maximum absolute atomic E-state index is 12.0. The molecule has 2 aromatic carbocycles. The van der Waals surface area contributed by atoms with E-state index in [0.717, 1.165) is 0 Å². The third-order valence-electron chi connectivity index (χ3n) is 2.41. The molecule has 0 fully saturated rings. The zero-order valence-corrected chi connectivity index (χ0v) is 10.1. The van der Waals surface area contributed by atoms with E-state index < -0.39 is 0 Å². The predicted molar refractivity (Wildman–Crippen MR) is 70.6 cm³/mol. The van der Waals surface area contributed by atoms with Crippen molar-refractivity contribution in [3.8, 4) is 6.07 Å². The number of halogens is 1. The van der Waals surface area contributed by atoms with Crippen molar-refractivity contribution in [1.82, 2.24) is 0 Å². The molecule has 2 rings (SSSR count). The average Bonchev–Trinajstić information content (AvgIpc) is 2.39. The molecule has 1 amide bonds. The van der Waals surface area contributed by atoms with Gasteiger partial charge in [0, 0.05) is 0 Å². The summed E-state index contributed by atoms with van der Waals surface area (Å²) in [6.07, 6.45) is 0. The van der Waals surface area contributed by atoms with Gasteiger partial charge in [0.05, 0.1) is 21.8 Å². The minimum atomic E-state index is -0.330. The van der Waals surface area contributed by atoms with Gasteiger partial charge in [-0.05, 0) is 24.3 Å². The number of carbonyl (C=O) groups excluding carboxylic acids is 1. The summed E-state index contributed by atoms with van der Waals surface area (Å²) in [5.74, 6) is -0.330. The Hall–Kier alpha value is -2.31. The van der Waals surface area contributed by atoms with E-state index in [0.29, 0.717) is 21.8 Å².